The molecule has 0 aliphatic heterocycles. The minimum atomic E-state index is -2.17. The second-order valence-electron chi connectivity index (χ2n) is 5.02. The molecule has 4 rings (SSSR count). The SMILES string of the molecule is [2H]C([2H])([2H])c1ccnc(-c2cccc3c2oc2nc(C)ccc23)c1. The Labute approximate surface area is 126 Å². The van der Waals surface area contributed by atoms with Gasteiger partial charge in [-0.15, -0.1) is 0 Å². The van der Waals surface area contributed by atoms with Gasteiger partial charge in [-0.2, -0.15) is 0 Å². The monoisotopic (exact) mass is 277 g/mol. The van der Waals surface area contributed by atoms with Crippen molar-refractivity contribution in [1.29, 1.82) is 0 Å². The summed E-state index contributed by atoms with van der Waals surface area (Å²) in [6, 6.07) is 12.8. The largest absolute Gasteiger partial charge is 0.437 e. The molecule has 3 nitrogen and oxygen atoms in total. The van der Waals surface area contributed by atoms with Crippen molar-refractivity contribution in [3.8, 4) is 11.3 Å². The first-order chi connectivity index (χ1) is 11.4. The number of rotatable bonds is 1. The van der Waals surface area contributed by atoms with Gasteiger partial charge in [-0.3, -0.25) is 4.98 Å². The fourth-order valence-electron chi connectivity index (χ4n) is 2.55. The third-order valence-corrected chi connectivity index (χ3v) is 3.54. The highest BCUT2D eigenvalue weighted by Gasteiger charge is 2.13. The van der Waals surface area contributed by atoms with E-state index in [-0.39, 0.29) is 5.56 Å². The summed E-state index contributed by atoms with van der Waals surface area (Å²) in [6.45, 7) is -0.257. The first-order valence-electron chi connectivity index (χ1n) is 8.19. The lowest BCUT2D eigenvalue weighted by molar-refractivity contribution is 0.653. The number of hydrogen-bond donors (Lipinski definition) is 0. The summed E-state index contributed by atoms with van der Waals surface area (Å²) in [5, 5.41) is 1.88. The molecule has 0 spiro atoms. The van der Waals surface area contributed by atoms with Gasteiger partial charge >= 0.3 is 0 Å². The zero-order valence-electron chi connectivity index (χ0n) is 14.4. The van der Waals surface area contributed by atoms with Crippen molar-refractivity contribution in [1.82, 2.24) is 9.97 Å². The maximum atomic E-state index is 7.58. The molecule has 0 radical (unpaired) electrons. The number of furan rings is 1. The van der Waals surface area contributed by atoms with Gasteiger partial charge in [0.2, 0.25) is 5.71 Å². The summed E-state index contributed by atoms with van der Waals surface area (Å²) >= 11 is 0. The Morgan fingerprint density at radius 1 is 1.10 bits per heavy atom. The van der Waals surface area contributed by atoms with Crippen LogP contribution in [0.2, 0.25) is 0 Å². The molecule has 0 N–H and O–H groups in total. The Balaban J connectivity index is 1.99. The van der Waals surface area contributed by atoms with Crippen molar-refractivity contribution >= 4 is 22.1 Å². The number of nitrogens with zero attached hydrogens (tertiary/aromatic N) is 2. The van der Waals surface area contributed by atoms with Crippen LogP contribution in [0.3, 0.4) is 0 Å². The van der Waals surface area contributed by atoms with Gasteiger partial charge in [0.25, 0.3) is 0 Å². The molecule has 0 aliphatic rings. The van der Waals surface area contributed by atoms with E-state index in [2.05, 4.69) is 9.97 Å². The van der Waals surface area contributed by atoms with Crippen molar-refractivity contribution < 1.29 is 8.53 Å². The summed E-state index contributed by atoms with van der Waals surface area (Å²) in [5.74, 6) is 0. The van der Waals surface area contributed by atoms with Crippen LogP contribution in [-0.2, 0) is 0 Å². The summed E-state index contributed by atoms with van der Waals surface area (Å²) in [5.41, 5.74) is 3.71. The predicted molar refractivity (Wildman–Crippen MR) is 84.2 cm³/mol. The lowest BCUT2D eigenvalue weighted by atomic mass is 10.1. The van der Waals surface area contributed by atoms with Gasteiger partial charge in [0.15, 0.2) is 0 Å². The molecule has 3 heterocycles. The third-order valence-electron chi connectivity index (χ3n) is 3.54. The smallest absolute Gasteiger partial charge is 0.227 e. The van der Waals surface area contributed by atoms with Crippen molar-refractivity contribution in [3.63, 3.8) is 0 Å². The topological polar surface area (TPSA) is 38.9 Å². The molecule has 0 saturated carbocycles. The van der Waals surface area contributed by atoms with E-state index in [1.807, 2.05) is 37.3 Å². The molecule has 3 aromatic heterocycles. The first-order valence-corrected chi connectivity index (χ1v) is 6.69. The zero-order chi connectivity index (χ0) is 16.9. The van der Waals surface area contributed by atoms with Crippen LogP contribution in [0.25, 0.3) is 33.3 Å². The molecule has 0 fully saturated rings. The zero-order valence-corrected chi connectivity index (χ0v) is 11.4. The molecule has 0 amide bonds. The molecule has 3 heteroatoms. The number of aryl methyl sites for hydroxylation is 2. The van der Waals surface area contributed by atoms with Crippen LogP contribution in [0, 0.1) is 13.8 Å². The number of hydrogen-bond acceptors (Lipinski definition) is 3. The van der Waals surface area contributed by atoms with Gasteiger partial charge in [0, 0.05) is 32.3 Å². The molecular weight excluding hydrogens is 260 g/mol. The normalized spacial score (nSPS) is 14.0. The number of aromatic nitrogens is 2. The fraction of sp³-hybridized carbons (Fsp3) is 0.111. The highest BCUT2D eigenvalue weighted by molar-refractivity contribution is 6.08. The molecule has 0 aliphatic carbocycles. The van der Waals surface area contributed by atoms with E-state index in [1.165, 1.54) is 12.3 Å². The molecule has 1 aromatic carbocycles. The number of pyridine rings is 2. The van der Waals surface area contributed by atoms with Crippen molar-refractivity contribution in [2.75, 3.05) is 0 Å². The van der Waals surface area contributed by atoms with Crippen LogP contribution >= 0.6 is 0 Å². The molecule has 102 valence electrons. The van der Waals surface area contributed by atoms with E-state index < -0.39 is 6.85 Å². The maximum absolute atomic E-state index is 7.58. The second kappa shape index (κ2) is 4.42. The van der Waals surface area contributed by atoms with Crippen LogP contribution in [0.1, 0.15) is 15.4 Å². The fourth-order valence-corrected chi connectivity index (χ4v) is 2.55. The lowest BCUT2D eigenvalue weighted by Gasteiger charge is -2.02. The summed E-state index contributed by atoms with van der Waals surface area (Å²) in [6.07, 6.45) is 1.51. The molecule has 0 saturated heterocycles. The van der Waals surface area contributed by atoms with E-state index >= 15 is 0 Å². The van der Waals surface area contributed by atoms with E-state index in [0.717, 1.165) is 22.0 Å². The van der Waals surface area contributed by atoms with Gasteiger partial charge in [0.1, 0.15) is 5.58 Å². The number of benzene rings is 1. The van der Waals surface area contributed by atoms with Gasteiger partial charge in [-0.25, -0.2) is 4.98 Å². The van der Waals surface area contributed by atoms with Crippen molar-refractivity contribution in [2.24, 2.45) is 0 Å². The average Bonchev–Trinajstić information content (AvgIpc) is 2.91. The van der Waals surface area contributed by atoms with Gasteiger partial charge in [-0.1, -0.05) is 12.1 Å². The first kappa shape index (κ1) is 9.29. The van der Waals surface area contributed by atoms with Crippen LogP contribution in [0.4, 0.5) is 0 Å². The molecule has 21 heavy (non-hydrogen) atoms. The number of fused-ring (bicyclic) bond motifs is 3. The Morgan fingerprint density at radius 3 is 2.95 bits per heavy atom. The molecule has 0 atom stereocenters. The molecule has 0 bridgehead atoms. The quantitative estimate of drug-likeness (QED) is 0.508. The van der Waals surface area contributed by atoms with E-state index in [4.69, 9.17) is 8.53 Å². The van der Waals surface area contributed by atoms with E-state index in [9.17, 15) is 0 Å². The predicted octanol–water partition coefficient (Wildman–Crippen LogP) is 4.66. The minimum absolute atomic E-state index is 0.259. The summed E-state index contributed by atoms with van der Waals surface area (Å²) < 4.78 is 28.7. The van der Waals surface area contributed by atoms with E-state index in [1.54, 1.807) is 6.07 Å². The van der Waals surface area contributed by atoms with Crippen molar-refractivity contribution in [3.05, 3.63) is 59.9 Å². The standard InChI is InChI=1S/C18H14N2O/c1-11-8-9-19-16(10-11)15-5-3-4-13-14-7-6-12(2)20-18(14)21-17(13)15/h3-10H,1-2H3/i1D3. The molecule has 0 unspecified atom stereocenters. The third kappa shape index (κ3) is 1.89. The van der Waals surface area contributed by atoms with Crippen LogP contribution in [-0.4, -0.2) is 9.97 Å². The van der Waals surface area contributed by atoms with Crippen LogP contribution in [0.5, 0.6) is 0 Å². The van der Waals surface area contributed by atoms with Gasteiger partial charge < -0.3 is 4.42 Å². The maximum Gasteiger partial charge on any atom is 0.227 e. The Kier molecular flexibility index (Phi) is 1.95. The molecular formula is C18H14N2O. The highest BCUT2D eigenvalue weighted by Crippen LogP contribution is 2.34. The van der Waals surface area contributed by atoms with E-state index in [0.29, 0.717) is 17.0 Å². The molecule has 4 aromatic rings. The van der Waals surface area contributed by atoms with Gasteiger partial charge in [-0.05, 0) is 49.7 Å². The van der Waals surface area contributed by atoms with Gasteiger partial charge in [0.05, 0.1) is 5.69 Å². The summed E-state index contributed by atoms with van der Waals surface area (Å²) in [7, 11) is 0. The second-order valence-corrected chi connectivity index (χ2v) is 5.02. The van der Waals surface area contributed by atoms with Crippen LogP contribution in [0.15, 0.2) is 53.1 Å². The Morgan fingerprint density at radius 2 is 2.05 bits per heavy atom. The van der Waals surface area contributed by atoms with Crippen LogP contribution < -0.4 is 0 Å². The lowest BCUT2D eigenvalue weighted by Crippen LogP contribution is -1.84. The highest BCUT2D eigenvalue weighted by atomic mass is 16.3. The van der Waals surface area contributed by atoms with Crippen molar-refractivity contribution in [2.45, 2.75) is 13.8 Å². The Hall–Kier alpha value is -2.68. The number of para-hydroxylation sites is 1. The Bertz CT molecular complexity index is 1070. The summed E-state index contributed by atoms with van der Waals surface area (Å²) in [4.78, 5) is 8.76. The minimum Gasteiger partial charge on any atom is -0.437 e. The average molecular weight is 277 g/mol.